The van der Waals surface area contributed by atoms with Gasteiger partial charge in [0, 0.05) is 45.5 Å². The van der Waals surface area contributed by atoms with Gasteiger partial charge in [-0.05, 0) is 42.0 Å². The zero-order chi connectivity index (χ0) is 16.4. The Morgan fingerprint density at radius 1 is 0.880 bits per heavy atom. The Kier molecular flexibility index (Phi) is 2.65. The summed E-state index contributed by atoms with van der Waals surface area (Å²) in [4.78, 5) is 7.28. The third kappa shape index (κ3) is 1.74. The molecule has 4 aromatic rings. The summed E-state index contributed by atoms with van der Waals surface area (Å²) >= 11 is 0. The van der Waals surface area contributed by atoms with Gasteiger partial charge in [-0.3, -0.25) is 0 Å². The minimum absolute atomic E-state index is 0.452. The summed E-state index contributed by atoms with van der Waals surface area (Å²) in [6.45, 7) is 0. The molecular formula is C23H20N2. The van der Waals surface area contributed by atoms with Crippen LogP contribution in [-0.2, 0) is 0 Å². The number of para-hydroxylation sites is 2. The van der Waals surface area contributed by atoms with E-state index in [2.05, 4.69) is 76.8 Å². The molecule has 0 amide bonds. The first-order valence-corrected chi connectivity index (χ1v) is 9.25. The molecule has 0 spiro atoms. The molecule has 0 saturated heterocycles. The Hall–Kier alpha value is -2.74. The van der Waals surface area contributed by atoms with Gasteiger partial charge in [0.2, 0.25) is 0 Å². The second kappa shape index (κ2) is 4.89. The van der Waals surface area contributed by atoms with Crippen molar-refractivity contribution in [2.75, 3.05) is 0 Å². The molecular weight excluding hydrogens is 304 g/mol. The largest absolute Gasteiger partial charge is 0.361 e. The SMILES string of the molecule is C1=C[C@@H]2c3c([nH]c4ccccc34)[C@@H](c3c[nH]c4ccccc34)[C@@H]2CC1. The highest BCUT2D eigenvalue weighted by Crippen LogP contribution is 2.56. The Morgan fingerprint density at radius 2 is 1.68 bits per heavy atom. The van der Waals surface area contributed by atoms with E-state index in [1.807, 2.05) is 0 Å². The van der Waals surface area contributed by atoms with Crippen molar-refractivity contribution < 1.29 is 0 Å². The van der Waals surface area contributed by atoms with Gasteiger partial charge in [-0.1, -0.05) is 48.6 Å². The average Bonchev–Trinajstić information content (AvgIpc) is 3.32. The van der Waals surface area contributed by atoms with Gasteiger partial charge in [0.05, 0.1) is 0 Å². The molecule has 2 N–H and O–H groups in total. The molecule has 2 aromatic carbocycles. The molecule has 2 aliphatic carbocycles. The first kappa shape index (κ1) is 13.5. The van der Waals surface area contributed by atoms with Crippen LogP contribution < -0.4 is 0 Å². The van der Waals surface area contributed by atoms with Gasteiger partial charge in [0.25, 0.3) is 0 Å². The maximum absolute atomic E-state index is 3.79. The van der Waals surface area contributed by atoms with Crippen molar-refractivity contribution in [3.05, 3.63) is 83.7 Å². The number of nitrogens with one attached hydrogen (secondary N) is 2. The van der Waals surface area contributed by atoms with Crippen molar-refractivity contribution in [2.45, 2.75) is 24.7 Å². The van der Waals surface area contributed by atoms with Crippen LogP contribution >= 0.6 is 0 Å². The summed E-state index contributed by atoms with van der Waals surface area (Å²) < 4.78 is 0. The van der Waals surface area contributed by atoms with Crippen molar-refractivity contribution in [2.24, 2.45) is 5.92 Å². The highest BCUT2D eigenvalue weighted by atomic mass is 14.8. The number of allylic oxidation sites excluding steroid dienone is 2. The van der Waals surface area contributed by atoms with Gasteiger partial charge < -0.3 is 9.97 Å². The molecule has 0 radical (unpaired) electrons. The minimum atomic E-state index is 0.452. The summed E-state index contributed by atoms with van der Waals surface area (Å²) in [5.41, 5.74) is 6.94. The normalized spacial score (nSPS) is 24.7. The average molecular weight is 324 g/mol. The van der Waals surface area contributed by atoms with Crippen LogP contribution in [0.3, 0.4) is 0 Å². The molecule has 0 fully saturated rings. The van der Waals surface area contributed by atoms with E-state index >= 15 is 0 Å². The number of benzene rings is 2. The molecule has 2 aliphatic rings. The summed E-state index contributed by atoms with van der Waals surface area (Å²) in [7, 11) is 0. The smallest absolute Gasteiger partial charge is 0.0459 e. The molecule has 2 heterocycles. The van der Waals surface area contributed by atoms with E-state index in [-0.39, 0.29) is 0 Å². The lowest BCUT2D eigenvalue weighted by molar-refractivity contribution is 0.419. The number of hydrogen-bond acceptors (Lipinski definition) is 0. The van der Waals surface area contributed by atoms with Gasteiger partial charge in [-0.2, -0.15) is 0 Å². The highest BCUT2D eigenvalue weighted by Gasteiger charge is 2.44. The fourth-order valence-electron chi connectivity index (χ4n) is 5.28. The zero-order valence-corrected chi connectivity index (χ0v) is 14.0. The predicted molar refractivity (Wildman–Crippen MR) is 103 cm³/mol. The van der Waals surface area contributed by atoms with Crippen LogP contribution in [0.15, 0.2) is 66.9 Å². The van der Waals surface area contributed by atoms with Gasteiger partial charge in [-0.25, -0.2) is 0 Å². The lowest BCUT2D eigenvalue weighted by Gasteiger charge is -2.26. The van der Waals surface area contributed by atoms with Crippen molar-refractivity contribution in [3.8, 4) is 0 Å². The van der Waals surface area contributed by atoms with Crippen molar-refractivity contribution >= 4 is 21.8 Å². The van der Waals surface area contributed by atoms with E-state index in [0.717, 1.165) is 0 Å². The monoisotopic (exact) mass is 324 g/mol. The lowest BCUT2D eigenvalue weighted by Crippen LogP contribution is -2.15. The standard InChI is InChI=1S/C23H20N2/c1-2-9-16-15(8-1)21-17-10-4-6-12-20(17)25-23(21)22(16)18-13-24-19-11-5-3-7-14(18)19/h1,3-8,10-13,15-16,22,24-25H,2,9H2/t15-,16+,22+/m0/s1. The maximum Gasteiger partial charge on any atom is 0.0459 e. The number of hydrogen-bond donors (Lipinski definition) is 2. The third-order valence-electron chi connectivity index (χ3n) is 6.28. The summed E-state index contributed by atoms with van der Waals surface area (Å²) in [6.07, 6.45) is 9.54. The summed E-state index contributed by atoms with van der Waals surface area (Å²) in [6, 6.07) is 17.5. The Bertz CT molecular complexity index is 1130. The number of H-pyrrole nitrogens is 2. The van der Waals surface area contributed by atoms with Crippen molar-refractivity contribution in [3.63, 3.8) is 0 Å². The second-order valence-electron chi connectivity index (χ2n) is 7.46. The minimum Gasteiger partial charge on any atom is -0.361 e. The lowest BCUT2D eigenvalue weighted by atomic mass is 9.77. The molecule has 2 nitrogen and oxygen atoms in total. The van der Waals surface area contributed by atoms with E-state index in [1.165, 1.54) is 51.5 Å². The maximum atomic E-state index is 3.79. The number of aromatic amines is 2. The number of aromatic nitrogens is 2. The van der Waals surface area contributed by atoms with Crippen LogP contribution in [0.2, 0.25) is 0 Å². The van der Waals surface area contributed by atoms with Crippen LogP contribution in [0.4, 0.5) is 0 Å². The van der Waals surface area contributed by atoms with Crippen molar-refractivity contribution in [1.82, 2.24) is 9.97 Å². The van der Waals surface area contributed by atoms with Gasteiger partial charge in [0.1, 0.15) is 0 Å². The molecule has 0 aliphatic heterocycles. The molecule has 0 saturated carbocycles. The molecule has 122 valence electrons. The fourth-order valence-corrected chi connectivity index (χ4v) is 5.28. The van der Waals surface area contributed by atoms with Crippen LogP contribution in [0.1, 0.15) is 41.5 Å². The molecule has 0 bridgehead atoms. The second-order valence-corrected chi connectivity index (χ2v) is 7.46. The van der Waals surface area contributed by atoms with Crippen LogP contribution in [-0.4, -0.2) is 9.97 Å². The fraction of sp³-hybridized carbons (Fsp3) is 0.217. The molecule has 0 unspecified atom stereocenters. The first-order chi connectivity index (χ1) is 12.4. The van der Waals surface area contributed by atoms with E-state index in [4.69, 9.17) is 0 Å². The molecule has 6 rings (SSSR count). The highest BCUT2D eigenvalue weighted by molar-refractivity contribution is 5.89. The van der Waals surface area contributed by atoms with E-state index in [1.54, 1.807) is 0 Å². The topological polar surface area (TPSA) is 31.6 Å². The Balaban J connectivity index is 1.65. The van der Waals surface area contributed by atoms with Crippen LogP contribution in [0.25, 0.3) is 21.8 Å². The van der Waals surface area contributed by atoms with Crippen LogP contribution in [0.5, 0.6) is 0 Å². The Morgan fingerprint density at radius 3 is 2.60 bits per heavy atom. The van der Waals surface area contributed by atoms with Crippen LogP contribution in [0, 0.1) is 5.92 Å². The van der Waals surface area contributed by atoms with E-state index < -0.39 is 0 Å². The van der Waals surface area contributed by atoms with E-state index in [9.17, 15) is 0 Å². The zero-order valence-electron chi connectivity index (χ0n) is 14.0. The molecule has 25 heavy (non-hydrogen) atoms. The van der Waals surface area contributed by atoms with Gasteiger partial charge in [0.15, 0.2) is 0 Å². The number of fused-ring (bicyclic) bond motifs is 6. The summed E-state index contributed by atoms with van der Waals surface area (Å²) in [5.74, 6) is 1.65. The third-order valence-corrected chi connectivity index (χ3v) is 6.28. The summed E-state index contributed by atoms with van der Waals surface area (Å²) in [5, 5.41) is 2.77. The molecule has 3 atom stereocenters. The van der Waals surface area contributed by atoms with Gasteiger partial charge >= 0.3 is 0 Å². The first-order valence-electron chi connectivity index (χ1n) is 9.25. The Labute approximate surface area is 146 Å². The van der Waals surface area contributed by atoms with E-state index in [0.29, 0.717) is 17.8 Å². The predicted octanol–water partition coefficient (Wildman–Crippen LogP) is 5.84. The molecule has 2 heteroatoms. The molecule has 2 aromatic heterocycles. The quantitative estimate of drug-likeness (QED) is 0.412. The van der Waals surface area contributed by atoms with Crippen molar-refractivity contribution in [1.29, 1.82) is 0 Å². The van der Waals surface area contributed by atoms with Gasteiger partial charge in [-0.15, -0.1) is 0 Å². The number of rotatable bonds is 1.